The van der Waals surface area contributed by atoms with Gasteiger partial charge in [0.1, 0.15) is 0 Å². The minimum absolute atomic E-state index is 0.127. The molecule has 0 aliphatic heterocycles. The number of aromatic nitrogens is 2. The van der Waals surface area contributed by atoms with Crippen LogP contribution in [0.4, 0.5) is 0 Å². The third-order valence-corrected chi connectivity index (χ3v) is 4.24. The average molecular weight is 230 g/mol. The topological polar surface area (TPSA) is 92.1 Å². The summed E-state index contributed by atoms with van der Waals surface area (Å²) in [7, 11) is -3.42. The van der Waals surface area contributed by atoms with Crippen LogP contribution in [0.15, 0.2) is 17.6 Å². The van der Waals surface area contributed by atoms with Crippen LogP contribution in [0.5, 0.6) is 0 Å². The van der Waals surface area contributed by atoms with E-state index in [9.17, 15) is 8.42 Å². The van der Waals surface area contributed by atoms with Crippen molar-refractivity contribution in [3.8, 4) is 0 Å². The van der Waals surface area contributed by atoms with E-state index in [1.807, 2.05) is 0 Å². The summed E-state index contributed by atoms with van der Waals surface area (Å²) < 4.78 is 25.6. The van der Waals surface area contributed by atoms with Crippen molar-refractivity contribution in [2.24, 2.45) is 5.73 Å². The summed E-state index contributed by atoms with van der Waals surface area (Å²) in [5, 5.41) is 0.142. The van der Waals surface area contributed by atoms with E-state index in [0.717, 1.165) is 12.8 Å². The number of nitrogens with one attached hydrogen (secondary N) is 1. The molecule has 0 saturated heterocycles. The van der Waals surface area contributed by atoms with Gasteiger partial charge in [-0.2, -0.15) is 4.31 Å². The predicted molar refractivity (Wildman–Crippen MR) is 54.6 cm³/mol. The molecular formula is C8H14N4O2S. The van der Waals surface area contributed by atoms with E-state index >= 15 is 0 Å². The molecule has 0 atom stereocenters. The number of nitrogens with two attached hydrogens (primary N) is 1. The molecule has 2 rings (SSSR count). The summed E-state index contributed by atoms with van der Waals surface area (Å²) in [5.41, 5.74) is 5.41. The molecule has 0 aromatic carbocycles. The minimum Gasteiger partial charge on any atom is -0.335 e. The third kappa shape index (κ3) is 2.04. The van der Waals surface area contributed by atoms with Crippen molar-refractivity contribution in [1.82, 2.24) is 14.3 Å². The molecule has 0 bridgehead atoms. The molecule has 84 valence electrons. The van der Waals surface area contributed by atoms with Crippen LogP contribution < -0.4 is 5.73 Å². The Balaban J connectivity index is 2.26. The Kier molecular flexibility index (Phi) is 2.76. The Morgan fingerprint density at radius 3 is 2.80 bits per heavy atom. The molecular weight excluding hydrogens is 216 g/mol. The van der Waals surface area contributed by atoms with Crippen molar-refractivity contribution in [3.05, 3.63) is 12.5 Å². The SMILES string of the molecule is NCCN(C1CC1)S(=O)(=O)c1cnc[nH]1. The molecule has 1 aromatic heterocycles. The molecule has 0 unspecified atom stereocenters. The third-order valence-electron chi connectivity index (χ3n) is 2.36. The lowest BCUT2D eigenvalue weighted by Gasteiger charge is -2.19. The van der Waals surface area contributed by atoms with Crippen LogP contribution in [0.25, 0.3) is 0 Å². The Labute approximate surface area is 88.5 Å². The maximum absolute atomic E-state index is 12.1. The highest BCUT2D eigenvalue weighted by Crippen LogP contribution is 2.30. The summed E-state index contributed by atoms with van der Waals surface area (Å²) in [5.74, 6) is 0. The second-order valence-electron chi connectivity index (χ2n) is 3.55. The highest BCUT2D eigenvalue weighted by Gasteiger charge is 2.38. The van der Waals surface area contributed by atoms with Gasteiger partial charge < -0.3 is 10.7 Å². The Hall–Kier alpha value is -0.920. The van der Waals surface area contributed by atoms with Gasteiger partial charge in [0.15, 0.2) is 5.03 Å². The minimum atomic E-state index is -3.42. The smallest absolute Gasteiger partial charge is 0.260 e. The molecule has 0 radical (unpaired) electrons. The normalized spacial score (nSPS) is 17.2. The van der Waals surface area contributed by atoms with Crippen molar-refractivity contribution in [1.29, 1.82) is 0 Å². The standard InChI is InChI=1S/C8H14N4O2S/c9-3-4-12(7-1-2-7)15(13,14)8-5-10-6-11-8/h5-7H,1-4,9H2,(H,10,11). The first kappa shape index (κ1) is 10.6. The predicted octanol–water partition coefficient (Wildman–Crippen LogP) is -0.479. The van der Waals surface area contributed by atoms with Gasteiger partial charge in [0, 0.05) is 19.1 Å². The lowest BCUT2D eigenvalue weighted by Crippen LogP contribution is -2.37. The van der Waals surface area contributed by atoms with Crippen LogP contribution in [-0.4, -0.2) is 41.8 Å². The van der Waals surface area contributed by atoms with Gasteiger partial charge in [-0.1, -0.05) is 0 Å². The fraction of sp³-hybridized carbons (Fsp3) is 0.625. The molecule has 15 heavy (non-hydrogen) atoms. The quantitative estimate of drug-likeness (QED) is 0.714. The molecule has 6 nitrogen and oxygen atoms in total. The van der Waals surface area contributed by atoms with E-state index in [-0.39, 0.29) is 11.1 Å². The summed E-state index contributed by atoms with van der Waals surface area (Å²) in [6.45, 7) is 0.704. The fourth-order valence-electron chi connectivity index (χ4n) is 1.50. The summed E-state index contributed by atoms with van der Waals surface area (Å²) in [6, 6.07) is 0.127. The van der Waals surface area contributed by atoms with Crippen molar-refractivity contribution in [2.75, 3.05) is 13.1 Å². The highest BCUT2D eigenvalue weighted by atomic mass is 32.2. The summed E-state index contributed by atoms with van der Waals surface area (Å²) in [4.78, 5) is 6.34. The van der Waals surface area contributed by atoms with Crippen LogP contribution >= 0.6 is 0 Å². The Morgan fingerprint density at radius 2 is 2.33 bits per heavy atom. The number of nitrogens with zero attached hydrogens (tertiary/aromatic N) is 2. The van der Waals surface area contributed by atoms with Crippen molar-refractivity contribution in [3.63, 3.8) is 0 Å². The van der Waals surface area contributed by atoms with Gasteiger partial charge in [-0.15, -0.1) is 0 Å². The molecule has 1 aliphatic carbocycles. The zero-order valence-electron chi connectivity index (χ0n) is 8.26. The second kappa shape index (κ2) is 3.92. The Morgan fingerprint density at radius 1 is 1.60 bits per heavy atom. The first-order chi connectivity index (χ1) is 7.16. The molecule has 1 aliphatic rings. The van der Waals surface area contributed by atoms with Gasteiger partial charge in [0.05, 0.1) is 12.5 Å². The monoisotopic (exact) mass is 230 g/mol. The highest BCUT2D eigenvalue weighted by molar-refractivity contribution is 7.89. The molecule has 1 fully saturated rings. The van der Waals surface area contributed by atoms with Gasteiger partial charge >= 0.3 is 0 Å². The fourth-order valence-corrected chi connectivity index (χ4v) is 3.10. The lowest BCUT2D eigenvalue weighted by atomic mass is 10.6. The molecule has 7 heteroatoms. The average Bonchev–Trinajstić information content (AvgIpc) is 2.86. The van der Waals surface area contributed by atoms with Crippen LogP contribution in [0.1, 0.15) is 12.8 Å². The zero-order chi connectivity index (χ0) is 10.9. The molecule has 1 heterocycles. The van der Waals surface area contributed by atoms with Crippen LogP contribution in [0.2, 0.25) is 0 Å². The second-order valence-corrected chi connectivity index (χ2v) is 5.41. The van der Waals surface area contributed by atoms with Gasteiger partial charge in [0.25, 0.3) is 10.0 Å². The molecule has 3 N–H and O–H groups in total. The van der Waals surface area contributed by atoms with E-state index < -0.39 is 10.0 Å². The van der Waals surface area contributed by atoms with Crippen LogP contribution in [0, 0.1) is 0 Å². The largest absolute Gasteiger partial charge is 0.335 e. The van der Waals surface area contributed by atoms with Gasteiger partial charge in [-0.05, 0) is 12.8 Å². The van der Waals surface area contributed by atoms with Crippen molar-refractivity contribution < 1.29 is 8.42 Å². The van der Waals surface area contributed by atoms with E-state index in [1.54, 1.807) is 0 Å². The summed E-state index contributed by atoms with van der Waals surface area (Å²) >= 11 is 0. The number of sulfonamides is 1. The van der Waals surface area contributed by atoms with E-state index in [1.165, 1.54) is 16.8 Å². The molecule has 0 amide bonds. The number of imidazole rings is 1. The number of rotatable bonds is 5. The van der Waals surface area contributed by atoms with Gasteiger partial charge in [-0.3, -0.25) is 0 Å². The lowest BCUT2D eigenvalue weighted by molar-refractivity contribution is 0.410. The van der Waals surface area contributed by atoms with E-state index in [0.29, 0.717) is 13.1 Å². The van der Waals surface area contributed by atoms with Crippen molar-refractivity contribution >= 4 is 10.0 Å². The van der Waals surface area contributed by atoms with E-state index in [4.69, 9.17) is 5.73 Å². The van der Waals surface area contributed by atoms with E-state index in [2.05, 4.69) is 9.97 Å². The first-order valence-electron chi connectivity index (χ1n) is 4.86. The van der Waals surface area contributed by atoms with Crippen LogP contribution in [-0.2, 0) is 10.0 Å². The molecule has 1 aromatic rings. The molecule has 1 saturated carbocycles. The maximum atomic E-state index is 12.1. The van der Waals surface area contributed by atoms with Gasteiger partial charge in [-0.25, -0.2) is 13.4 Å². The number of H-pyrrole nitrogens is 1. The number of hydrogen-bond acceptors (Lipinski definition) is 4. The Bertz CT molecular complexity index is 410. The first-order valence-corrected chi connectivity index (χ1v) is 6.30. The maximum Gasteiger partial charge on any atom is 0.260 e. The molecule has 0 spiro atoms. The summed E-state index contributed by atoms with van der Waals surface area (Å²) in [6.07, 6.45) is 4.53. The zero-order valence-corrected chi connectivity index (χ0v) is 9.07. The van der Waals surface area contributed by atoms with Crippen molar-refractivity contribution in [2.45, 2.75) is 23.9 Å². The van der Waals surface area contributed by atoms with Crippen LogP contribution in [0.3, 0.4) is 0 Å². The number of aromatic amines is 1. The number of hydrogen-bond donors (Lipinski definition) is 2. The van der Waals surface area contributed by atoms with Gasteiger partial charge in [0.2, 0.25) is 0 Å².